The van der Waals surface area contributed by atoms with Gasteiger partial charge in [-0.3, -0.25) is 9.78 Å². The number of nitriles is 1. The molecular weight excluding hydrogens is 302 g/mol. The first-order valence-corrected chi connectivity index (χ1v) is 6.99. The Hall–Kier alpha value is -2.42. The molecule has 6 heteroatoms. The van der Waals surface area contributed by atoms with Gasteiger partial charge in [-0.1, -0.05) is 17.7 Å². The first kappa shape index (κ1) is 16.0. The molecule has 0 aliphatic heterocycles. The molecule has 2 aromatic rings. The molecule has 0 aliphatic carbocycles. The van der Waals surface area contributed by atoms with Gasteiger partial charge in [0.25, 0.3) is 0 Å². The zero-order valence-electron chi connectivity index (χ0n) is 11.7. The van der Waals surface area contributed by atoms with E-state index < -0.39 is 5.97 Å². The van der Waals surface area contributed by atoms with Crippen LogP contribution in [-0.4, -0.2) is 22.6 Å². The molecule has 5 nitrogen and oxygen atoms in total. The van der Waals surface area contributed by atoms with Crippen LogP contribution < -0.4 is 5.73 Å². The summed E-state index contributed by atoms with van der Waals surface area (Å²) in [5, 5.41) is 18.4. The van der Waals surface area contributed by atoms with Crippen molar-refractivity contribution < 1.29 is 9.90 Å². The second-order valence-electron chi connectivity index (χ2n) is 4.84. The van der Waals surface area contributed by atoms with Gasteiger partial charge in [0.05, 0.1) is 12.0 Å². The van der Waals surface area contributed by atoms with Gasteiger partial charge >= 0.3 is 5.97 Å². The number of nitrogens with zero attached hydrogens (tertiary/aromatic N) is 2. The Morgan fingerprint density at radius 2 is 2.18 bits per heavy atom. The van der Waals surface area contributed by atoms with E-state index in [2.05, 4.69) is 4.98 Å². The Bertz CT molecular complexity index is 740. The standard InChI is InChI=1S/C16H14ClN3O2/c17-15-2-1-11(12(7-19)5-16(21)22)4-14(15)13-3-10(6-18)8-20-9-13/h1-4,8-9,12H,5,7,19H2,(H,21,22)/t12-/m0/s1. The molecule has 3 N–H and O–H groups in total. The normalized spacial score (nSPS) is 11.7. The number of aliphatic carboxylic acids is 1. The Balaban J connectivity index is 2.46. The molecule has 1 aromatic heterocycles. The van der Waals surface area contributed by atoms with Crippen molar-refractivity contribution in [2.24, 2.45) is 5.73 Å². The molecule has 0 radical (unpaired) electrons. The van der Waals surface area contributed by atoms with Gasteiger partial charge in [-0.15, -0.1) is 0 Å². The second kappa shape index (κ2) is 7.03. The van der Waals surface area contributed by atoms with Crippen LogP contribution in [0.25, 0.3) is 11.1 Å². The molecule has 22 heavy (non-hydrogen) atoms. The third-order valence-corrected chi connectivity index (χ3v) is 3.68. The fourth-order valence-corrected chi connectivity index (χ4v) is 2.44. The van der Waals surface area contributed by atoms with E-state index in [0.29, 0.717) is 21.7 Å². The zero-order chi connectivity index (χ0) is 16.1. The monoisotopic (exact) mass is 315 g/mol. The fraction of sp³-hybridized carbons (Fsp3) is 0.188. The van der Waals surface area contributed by atoms with Gasteiger partial charge in [-0.05, 0) is 30.3 Å². The van der Waals surface area contributed by atoms with Crippen molar-refractivity contribution >= 4 is 17.6 Å². The summed E-state index contributed by atoms with van der Waals surface area (Å²) >= 11 is 6.22. The third-order valence-electron chi connectivity index (χ3n) is 3.35. The molecule has 2 rings (SSSR count). The van der Waals surface area contributed by atoms with Crippen LogP contribution in [-0.2, 0) is 4.79 Å². The van der Waals surface area contributed by atoms with Gasteiger partial charge in [0.2, 0.25) is 0 Å². The second-order valence-corrected chi connectivity index (χ2v) is 5.25. The molecule has 112 valence electrons. The van der Waals surface area contributed by atoms with E-state index in [-0.39, 0.29) is 18.9 Å². The average molecular weight is 316 g/mol. The Morgan fingerprint density at radius 1 is 1.41 bits per heavy atom. The van der Waals surface area contributed by atoms with Gasteiger partial charge in [-0.2, -0.15) is 5.26 Å². The van der Waals surface area contributed by atoms with Crippen LogP contribution in [0.15, 0.2) is 36.7 Å². The van der Waals surface area contributed by atoms with Crippen LogP contribution >= 0.6 is 11.6 Å². The average Bonchev–Trinajstić information content (AvgIpc) is 2.53. The number of benzene rings is 1. The lowest BCUT2D eigenvalue weighted by molar-refractivity contribution is -0.137. The number of carboxylic acids is 1. The van der Waals surface area contributed by atoms with Crippen LogP contribution in [0.5, 0.6) is 0 Å². The van der Waals surface area contributed by atoms with E-state index in [1.165, 1.54) is 6.20 Å². The molecule has 0 fully saturated rings. The van der Waals surface area contributed by atoms with Crippen molar-refractivity contribution in [2.45, 2.75) is 12.3 Å². The number of hydrogen-bond donors (Lipinski definition) is 2. The van der Waals surface area contributed by atoms with Crippen molar-refractivity contribution in [1.29, 1.82) is 5.26 Å². The minimum Gasteiger partial charge on any atom is -0.481 e. The predicted octanol–water partition coefficient (Wildman–Crippen LogP) is 2.79. The fourth-order valence-electron chi connectivity index (χ4n) is 2.21. The highest BCUT2D eigenvalue weighted by atomic mass is 35.5. The Labute approximate surface area is 133 Å². The number of aromatic nitrogens is 1. The first-order valence-electron chi connectivity index (χ1n) is 6.62. The number of carboxylic acid groups (broad SMARTS) is 1. The van der Waals surface area contributed by atoms with E-state index in [0.717, 1.165) is 5.56 Å². The predicted molar refractivity (Wildman–Crippen MR) is 83.4 cm³/mol. The summed E-state index contributed by atoms with van der Waals surface area (Å²) in [4.78, 5) is 14.9. The lowest BCUT2D eigenvalue weighted by Crippen LogP contribution is -2.16. The molecule has 0 saturated carbocycles. The van der Waals surface area contributed by atoms with Crippen molar-refractivity contribution in [2.75, 3.05) is 6.54 Å². The summed E-state index contributed by atoms with van der Waals surface area (Å²) in [6.45, 7) is 0.226. The minimum absolute atomic E-state index is 0.0476. The topological polar surface area (TPSA) is 100 Å². The Kier molecular flexibility index (Phi) is 5.10. The SMILES string of the molecule is N#Cc1cncc(-c2cc([C@H](CN)CC(=O)O)ccc2Cl)c1. The maximum Gasteiger partial charge on any atom is 0.304 e. The lowest BCUT2D eigenvalue weighted by atomic mass is 9.93. The minimum atomic E-state index is -0.903. The summed E-state index contributed by atoms with van der Waals surface area (Å²) in [5.41, 5.74) is 8.31. The van der Waals surface area contributed by atoms with Crippen LogP contribution in [0.2, 0.25) is 5.02 Å². The van der Waals surface area contributed by atoms with Crippen molar-refractivity contribution in [1.82, 2.24) is 4.98 Å². The number of pyridine rings is 1. The van der Waals surface area contributed by atoms with E-state index in [9.17, 15) is 4.79 Å². The van der Waals surface area contributed by atoms with E-state index in [4.69, 9.17) is 27.7 Å². The van der Waals surface area contributed by atoms with Gasteiger partial charge in [-0.25, -0.2) is 0 Å². The summed E-state index contributed by atoms with van der Waals surface area (Å²) in [5.74, 6) is -1.19. The zero-order valence-corrected chi connectivity index (χ0v) is 12.4. The van der Waals surface area contributed by atoms with Crippen LogP contribution in [0, 0.1) is 11.3 Å². The van der Waals surface area contributed by atoms with Crippen molar-refractivity contribution in [3.8, 4) is 17.2 Å². The summed E-state index contributed by atoms with van der Waals surface area (Å²) < 4.78 is 0. The molecule has 0 aliphatic rings. The maximum atomic E-state index is 10.9. The van der Waals surface area contributed by atoms with Gasteiger partial charge in [0.15, 0.2) is 0 Å². The van der Waals surface area contributed by atoms with Crippen molar-refractivity contribution in [3.05, 3.63) is 52.8 Å². The summed E-state index contributed by atoms with van der Waals surface area (Å²) in [6, 6.07) is 9.00. The first-order chi connectivity index (χ1) is 10.5. The van der Waals surface area contributed by atoms with Gasteiger partial charge < -0.3 is 10.8 Å². The van der Waals surface area contributed by atoms with Gasteiger partial charge in [0, 0.05) is 34.5 Å². The maximum absolute atomic E-state index is 10.9. The van der Waals surface area contributed by atoms with Crippen molar-refractivity contribution in [3.63, 3.8) is 0 Å². The summed E-state index contributed by atoms with van der Waals surface area (Å²) in [7, 11) is 0. The lowest BCUT2D eigenvalue weighted by Gasteiger charge is -2.15. The largest absolute Gasteiger partial charge is 0.481 e. The smallest absolute Gasteiger partial charge is 0.304 e. The molecule has 0 bridgehead atoms. The highest BCUT2D eigenvalue weighted by Crippen LogP contribution is 2.32. The molecular formula is C16H14ClN3O2. The van der Waals surface area contributed by atoms with Gasteiger partial charge in [0.1, 0.15) is 6.07 Å². The summed E-state index contributed by atoms with van der Waals surface area (Å²) in [6.07, 6.45) is 3.03. The Morgan fingerprint density at radius 3 is 2.82 bits per heavy atom. The number of rotatable bonds is 5. The number of halogens is 1. The van der Waals surface area contributed by atoms with Crippen LogP contribution in [0.3, 0.4) is 0 Å². The van der Waals surface area contributed by atoms with E-state index >= 15 is 0 Å². The quantitative estimate of drug-likeness (QED) is 0.883. The molecule has 0 saturated heterocycles. The third kappa shape index (κ3) is 3.61. The molecule has 1 aromatic carbocycles. The van der Waals surface area contributed by atoms with E-state index in [1.807, 2.05) is 6.07 Å². The highest BCUT2D eigenvalue weighted by Gasteiger charge is 2.16. The molecule has 0 amide bonds. The number of carbonyl (C=O) groups is 1. The molecule has 0 spiro atoms. The number of nitrogens with two attached hydrogens (primary N) is 1. The number of hydrogen-bond acceptors (Lipinski definition) is 4. The van der Waals surface area contributed by atoms with E-state index in [1.54, 1.807) is 30.5 Å². The molecule has 0 unspecified atom stereocenters. The van der Waals surface area contributed by atoms with Crippen LogP contribution in [0.1, 0.15) is 23.5 Å². The molecule has 1 atom stereocenters. The molecule has 1 heterocycles. The highest BCUT2D eigenvalue weighted by molar-refractivity contribution is 6.33. The van der Waals surface area contributed by atoms with Crippen LogP contribution in [0.4, 0.5) is 0 Å².